The lowest BCUT2D eigenvalue weighted by molar-refractivity contribution is 0.171. The number of aliphatic hydroxyl groups is 1. The summed E-state index contributed by atoms with van der Waals surface area (Å²) in [4.78, 5) is 12.2. The molecule has 2 aromatic rings. The number of hydrogen-bond donors (Lipinski definition) is 1. The average Bonchev–Trinajstić information content (AvgIpc) is 2.75. The van der Waals surface area contributed by atoms with E-state index in [1.807, 2.05) is 12.3 Å². The largest absolute Gasteiger partial charge is 0.481 e. The highest BCUT2D eigenvalue weighted by Crippen LogP contribution is 2.19. The lowest BCUT2D eigenvalue weighted by Crippen LogP contribution is -2.05. The molecule has 0 aliphatic rings. The van der Waals surface area contributed by atoms with Crippen LogP contribution in [0.15, 0.2) is 17.8 Å². The Morgan fingerprint density at radius 2 is 2.29 bits per heavy atom. The van der Waals surface area contributed by atoms with E-state index >= 15 is 0 Å². The maximum Gasteiger partial charge on any atom is 0.216 e. The van der Waals surface area contributed by atoms with Crippen molar-refractivity contribution in [3.8, 4) is 5.88 Å². The minimum Gasteiger partial charge on any atom is -0.481 e. The summed E-state index contributed by atoms with van der Waals surface area (Å²) < 4.78 is 4.98. The molecule has 17 heavy (non-hydrogen) atoms. The fourth-order valence-corrected chi connectivity index (χ4v) is 2.08. The average molecular weight is 251 g/mol. The van der Waals surface area contributed by atoms with Crippen molar-refractivity contribution in [3.63, 3.8) is 0 Å². The quantitative estimate of drug-likeness (QED) is 0.892. The molecule has 2 heterocycles. The maximum atomic E-state index is 10.0. The van der Waals surface area contributed by atoms with Gasteiger partial charge in [-0.15, -0.1) is 11.3 Å². The van der Waals surface area contributed by atoms with E-state index in [1.54, 1.807) is 17.4 Å². The number of methoxy groups -OCH3 is 1. The topological polar surface area (TPSA) is 68.1 Å². The second kappa shape index (κ2) is 5.20. The number of rotatable bonds is 4. The molecule has 0 amide bonds. The molecule has 5 nitrogen and oxygen atoms in total. The van der Waals surface area contributed by atoms with E-state index in [1.165, 1.54) is 13.4 Å². The van der Waals surface area contributed by atoms with Gasteiger partial charge in [-0.1, -0.05) is 0 Å². The molecule has 0 saturated heterocycles. The monoisotopic (exact) mass is 251 g/mol. The Kier molecular flexibility index (Phi) is 3.65. The van der Waals surface area contributed by atoms with Crippen molar-refractivity contribution < 1.29 is 9.84 Å². The van der Waals surface area contributed by atoms with Crippen LogP contribution in [-0.4, -0.2) is 27.2 Å². The Morgan fingerprint density at radius 1 is 1.47 bits per heavy atom. The van der Waals surface area contributed by atoms with Crippen LogP contribution < -0.4 is 4.74 Å². The molecule has 0 saturated carbocycles. The number of aromatic nitrogens is 3. The van der Waals surface area contributed by atoms with Crippen molar-refractivity contribution in [2.75, 3.05) is 7.11 Å². The van der Waals surface area contributed by atoms with Gasteiger partial charge in [-0.25, -0.2) is 15.0 Å². The molecule has 1 atom stereocenters. The van der Waals surface area contributed by atoms with Crippen LogP contribution in [0.5, 0.6) is 5.88 Å². The normalized spacial score (nSPS) is 12.4. The van der Waals surface area contributed by atoms with Gasteiger partial charge in [0.05, 0.1) is 23.5 Å². The van der Waals surface area contributed by atoms with Gasteiger partial charge in [-0.2, -0.15) is 0 Å². The van der Waals surface area contributed by atoms with Gasteiger partial charge in [0.2, 0.25) is 5.88 Å². The summed E-state index contributed by atoms with van der Waals surface area (Å²) in [7, 11) is 1.53. The first-order chi connectivity index (χ1) is 8.19. The number of thiazole rings is 1. The van der Waals surface area contributed by atoms with Crippen LogP contribution in [0.1, 0.15) is 22.5 Å². The van der Waals surface area contributed by atoms with Gasteiger partial charge in [-0.05, 0) is 6.92 Å². The summed E-state index contributed by atoms with van der Waals surface area (Å²) in [5, 5.41) is 13.0. The zero-order valence-corrected chi connectivity index (χ0v) is 10.4. The van der Waals surface area contributed by atoms with Gasteiger partial charge < -0.3 is 9.84 Å². The van der Waals surface area contributed by atoms with E-state index in [2.05, 4.69) is 15.0 Å². The van der Waals surface area contributed by atoms with E-state index in [0.717, 1.165) is 10.7 Å². The van der Waals surface area contributed by atoms with Crippen LogP contribution >= 0.6 is 11.3 Å². The summed E-state index contributed by atoms with van der Waals surface area (Å²) in [6.45, 7) is 1.94. The van der Waals surface area contributed by atoms with Crippen LogP contribution in [0.25, 0.3) is 0 Å². The van der Waals surface area contributed by atoms with Crippen molar-refractivity contribution in [3.05, 3.63) is 34.2 Å². The van der Waals surface area contributed by atoms with E-state index in [9.17, 15) is 5.11 Å². The molecule has 0 fully saturated rings. The minimum atomic E-state index is -0.687. The zero-order chi connectivity index (χ0) is 12.3. The number of hydrogen-bond acceptors (Lipinski definition) is 6. The van der Waals surface area contributed by atoms with Crippen LogP contribution in [0.2, 0.25) is 0 Å². The third kappa shape index (κ3) is 2.98. The molecule has 0 aromatic carbocycles. The number of aryl methyl sites for hydroxylation is 1. The SMILES string of the molecule is COc1cc(C(O)Cc2csc(C)n2)ncn1. The van der Waals surface area contributed by atoms with Gasteiger partial charge in [0.15, 0.2) is 0 Å². The summed E-state index contributed by atoms with van der Waals surface area (Å²) in [6, 6.07) is 1.63. The van der Waals surface area contributed by atoms with Crippen molar-refractivity contribution >= 4 is 11.3 Å². The van der Waals surface area contributed by atoms with Crippen LogP contribution in [0.4, 0.5) is 0 Å². The third-order valence-electron chi connectivity index (χ3n) is 2.28. The summed E-state index contributed by atoms with van der Waals surface area (Å²) in [6.07, 6.45) is 1.14. The van der Waals surface area contributed by atoms with E-state index in [0.29, 0.717) is 18.0 Å². The lowest BCUT2D eigenvalue weighted by Gasteiger charge is -2.08. The van der Waals surface area contributed by atoms with E-state index < -0.39 is 6.10 Å². The highest BCUT2D eigenvalue weighted by Gasteiger charge is 2.13. The molecule has 0 radical (unpaired) electrons. The molecule has 0 aliphatic heterocycles. The van der Waals surface area contributed by atoms with Crippen LogP contribution in [0.3, 0.4) is 0 Å². The van der Waals surface area contributed by atoms with Crippen molar-refractivity contribution in [2.24, 2.45) is 0 Å². The van der Waals surface area contributed by atoms with Gasteiger partial charge in [0.1, 0.15) is 12.4 Å². The highest BCUT2D eigenvalue weighted by atomic mass is 32.1. The van der Waals surface area contributed by atoms with Crippen molar-refractivity contribution in [1.29, 1.82) is 0 Å². The molecule has 2 rings (SSSR count). The lowest BCUT2D eigenvalue weighted by atomic mass is 10.1. The Bertz CT molecular complexity index is 501. The predicted octanol–water partition coefficient (Wildman–Crippen LogP) is 1.53. The second-order valence-corrected chi connectivity index (χ2v) is 4.63. The first kappa shape index (κ1) is 11.9. The van der Waals surface area contributed by atoms with Crippen LogP contribution in [-0.2, 0) is 6.42 Å². The molecule has 1 N–H and O–H groups in total. The standard InChI is InChI=1S/C11H13N3O2S/c1-7-14-8(5-17-7)3-10(15)9-4-11(16-2)13-6-12-9/h4-6,10,15H,3H2,1-2H3. The second-order valence-electron chi connectivity index (χ2n) is 3.56. The van der Waals surface area contributed by atoms with Gasteiger partial charge in [0.25, 0.3) is 0 Å². The predicted molar refractivity (Wildman–Crippen MR) is 64.1 cm³/mol. The number of nitrogens with zero attached hydrogens (tertiary/aromatic N) is 3. The van der Waals surface area contributed by atoms with Crippen molar-refractivity contribution in [1.82, 2.24) is 15.0 Å². The summed E-state index contributed by atoms with van der Waals surface area (Å²) >= 11 is 1.57. The number of aliphatic hydroxyl groups excluding tert-OH is 1. The summed E-state index contributed by atoms with van der Waals surface area (Å²) in [5.74, 6) is 0.448. The maximum absolute atomic E-state index is 10.0. The first-order valence-electron chi connectivity index (χ1n) is 5.14. The fourth-order valence-electron chi connectivity index (χ4n) is 1.45. The molecule has 2 aromatic heterocycles. The third-order valence-corrected chi connectivity index (χ3v) is 3.11. The smallest absolute Gasteiger partial charge is 0.216 e. The molecule has 0 aliphatic carbocycles. The molecule has 6 heteroatoms. The molecule has 0 bridgehead atoms. The molecule has 0 spiro atoms. The fraction of sp³-hybridized carbons (Fsp3) is 0.364. The highest BCUT2D eigenvalue weighted by molar-refractivity contribution is 7.09. The van der Waals surface area contributed by atoms with Gasteiger partial charge in [0, 0.05) is 17.9 Å². The van der Waals surface area contributed by atoms with E-state index in [4.69, 9.17) is 4.74 Å². The first-order valence-corrected chi connectivity index (χ1v) is 6.02. The van der Waals surface area contributed by atoms with Crippen molar-refractivity contribution in [2.45, 2.75) is 19.4 Å². The zero-order valence-electron chi connectivity index (χ0n) is 9.62. The molecule has 1 unspecified atom stereocenters. The molecular weight excluding hydrogens is 238 g/mol. The van der Waals surface area contributed by atoms with E-state index in [-0.39, 0.29) is 0 Å². The molecule has 90 valence electrons. The minimum absolute atomic E-state index is 0.448. The van der Waals surface area contributed by atoms with Crippen LogP contribution in [0, 0.1) is 6.92 Å². The summed E-state index contributed by atoms with van der Waals surface area (Å²) in [5.41, 5.74) is 1.42. The Morgan fingerprint density at radius 3 is 2.94 bits per heavy atom. The Labute approximate surface area is 103 Å². The Balaban J connectivity index is 2.11. The molecular formula is C11H13N3O2S. The van der Waals surface area contributed by atoms with Gasteiger partial charge >= 0.3 is 0 Å². The Hall–Kier alpha value is -1.53. The number of ether oxygens (including phenoxy) is 1. The van der Waals surface area contributed by atoms with Gasteiger partial charge in [-0.3, -0.25) is 0 Å².